The summed E-state index contributed by atoms with van der Waals surface area (Å²) >= 11 is 3.24. The minimum atomic E-state index is 0. The fourth-order valence-electron chi connectivity index (χ4n) is 0. The number of halogens is 2. The Kier molecular flexibility index (Phi) is 7640. The summed E-state index contributed by atoms with van der Waals surface area (Å²) in [6, 6.07) is 0. The molecule has 100 valence electrons. The van der Waals surface area contributed by atoms with Crippen LogP contribution in [0.4, 0.5) is 0 Å². The second kappa shape index (κ2) is 1800. The van der Waals surface area contributed by atoms with E-state index in [0.717, 1.165) is 0 Å². The van der Waals surface area contributed by atoms with Gasteiger partial charge in [0.1, 0.15) is 0 Å². The molecule has 0 aliphatic rings. The summed E-state index contributed by atoms with van der Waals surface area (Å²) in [6.07, 6.45) is 0. The van der Waals surface area contributed by atoms with Crippen molar-refractivity contribution in [1.82, 2.24) is 0 Å². The molecule has 0 heterocycles. The molecule has 6 heteroatoms. The van der Waals surface area contributed by atoms with Crippen LogP contribution in [0.25, 0.3) is 0 Å². The number of hydrogen-bond donors (Lipinski definition) is 0. The monoisotopic (exact) mass is 422 g/mol. The first-order valence-corrected chi connectivity index (χ1v) is 6.96. The first-order valence-electron chi connectivity index (χ1n) is 2.17. The van der Waals surface area contributed by atoms with Crippen LogP contribution in [0.1, 0.15) is 13.8 Å². The van der Waals surface area contributed by atoms with Gasteiger partial charge in [0.25, 0.3) is 0 Å². The molecule has 0 saturated carbocycles. The second-order valence-corrected chi connectivity index (χ2v) is 0. The van der Waals surface area contributed by atoms with E-state index in [1.165, 1.54) is 0 Å². The van der Waals surface area contributed by atoms with Crippen LogP contribution >= 0.6 is 19.4 Å². The first kappa shape index (κ1) is 59.3. The Morgan fingerprint density at radius 2 is 0.714 bits per heavy atom. The molecule has 0 aromatic rings. The molecule has 0 spiro atoms. The summed E-state index contributed by atoms with van der Waals surface area (Å²) in [5.41, 5.74) is 0. The molecule has 2 nitrogen and oxygen atoms in total. The van der Waals surface area contributed by atoms with E-state index >= 15 is 0 Å². The fraction of sp³-hybridized carbons (Fsp3) is 0.250. The predicted octanol–water partition coefficient (Wildman–Crippen LogP) is 2.87. The molecule has 0 fully saturated rings. The van der Waals surface area contributed by atoms with E-state index in [1.807, 2.05) is 0 Å². The van der Waals surface area contributed by atoms with Crippen LogP contribution in [0.5, 0.6) is 0 Å². The zero-order chi connectivity index (χ0) is 12.0. The molecular weight excluding hydrogens is 401 g/mol. The van der Waals surface area contributed by atoms with Crippen molar-refractivity contribution >= 4 is 33.0 Å². The van der Waals surface area contributed by atoms with Gasteiger partial charge in [-0.25, -0.2) is 0 Å². The normalized spacial score (nSPS) is 2.43. The van der Waals surface area contributed by atoms with E-state index in [0.29, 0.717) is 0 Å². The summed E-state index contributed by atoms with van der Waals surface area (Å²) in [6.45, 7) is 16.5. The zero-order valence-electron chi connectivity index (χ0n) is 8.90. The molecule has 0 saturated heterocycles. The number of rotatable bonds is 0. The molecule has 0 radical (unpaired) electrons. The Bertz CT molecular complexity index is 25.3. The van der Waals surface area contributed by atoms with E-state index in [1.54, 1.807) is 48.5 Å². The molecular formula is C8H20Cl2O2Ru2-6. The van der Waals surface area contributed by atoms with Crippen molar-refractivity contribution in [3.63, 3.8) is 0 Å². The Morgan fingerprint density at radius 3 is 0.714 bits per heavy atom. The average Bonchev–Trinajstić information content (AvgIpc) is 2.33. The van der Waals surface area contributed by atoms with Crippen molar-refractivity contribution in [3.8, 4) is 0 Å². The molecule has 0 bridgehead atoms. The van der Waals surface area contributed by atoms with Crippen LogP contribution in [0.3, 0.4) is 0 Å². The Balaban J connectivity index is -0.00000000500. The summed E-state index contributed by atoms with van der Waals surface area (Å²) in [4.78, 5) is 15.5. The van der Waals surface area contributed by atoms with Gasteiger partial charge in [0.2, 0.25) is 0 Å². The Hall–Kier alpha value is 1.17. The summed E-state index contributed by atoms with van der Waals surface area (Å²) in [5, 5.41) is 0. The molecule has 0 atom stereocenters. The van der Waals surface area contributed by atoms with Crippen LogP contribution in [0, 0.1) is 28.7 Å². The van der Waals surface area contributed by atoms with Gasteiger partial charge in [0.05, 0.1) is 0 Å². The van der Waals surface area contributed by atoms with Crippen molar-refractivity contribution in [2.75, 3.05) is 0 Å². The van der Waals surface area contributed by atoms with Crippen LogP contribution < -0.4 is 0 Å². The number of carbonyl (C=O) groups excluding carboxylic acids is 2. The van der Waals surface area contributed by atoms with E-state index in [2.05, 4.69) is 46.8 Å². The fourth-order valence-corrected chi connectivity index (χ4v) is 0. The average molecular weight is 421 g/mol. The standard InChI is InChI=1S/2C2H5.2CHO.2CH3.2ClH.2Ru.2H/c4*1-2;;;;;;;;/h2*1H2,2H3;2*1H;2*1H3;2*1H;;;;/q6*-1;;;2*+1;;/p-2. The van der Waals surface area contributed by atoms with Gasteiger partial charge >= 0.3 is 54.0 Å². The van der Waals surface area contributed by atoms with Gasteiger partial charge in [-0.2, -0.15) is 13.8 Å². The molecule has 0 N–H and O–H groups in total. The van der Waals surface area contributed by atoms with Crippen LogP contribution in [0.2, 0.25) is 0 Å². The maximum absolute atomic E-state index is 7.75. The third-order valence-electron chi connectivity index (χ3n) is 0. The van der Waals surface area contributed by atoms with Crippen LogP contribution in [-0.4, -0.2) is 13.6 Å². The van der Waals surface area contributed by atoms with Crippen LogP contribution in [-0.2, 0) is 44.2 Å². The van der Waals surface area contributed by atoms with E-state index in [9.17, 15) is 0 Å². The predicted molar refractivity (Wildman–Crippen MR) is 62.9 cm³/mol. The second-order valence-electron chi connectivity index (χ2n) is 0. The summed E-state index contributed by atoms with van der Waals surface area (Å²) < 4.78 is 0. The first-order chi connectivity index (χ1) is 6.00. The van der Waals surface area contributed by atoms with Crippen LogP contribution in [0.15, 0.2) is 0 Å². The van der Waals surface area contributed by atoms with Gasteiger partial charge in [-0.05, 0) is 0 Å². The van der Waals surface area contributed by atoms with Gasteiger partial charge in [-0.3, -0.25) is 13.6 Å². The van der Waals surface area contributed by atoms with Gasteiger partial charge in [0, 0.05) is 0 Å². The topological polar surface area (TPSA) is 34.1 Å². The van der Waals surface area contributed by atoms with Crippen molar-refractivity contribution < 1.29 is 44.2 Å². The zero-order valence-corrected chi connectivity index (χ0v) is 14.1. The third kappa shape index (κ3) is 1430. The molecule has 0 rings (SSSR count). The van der Waals surface area contributed by atoms with E-state index in [-0.39, 0.29) is 14.9 Å². The van der Waals surface area contributed by atoms with Crippen molar-refractivity contribution in [1.29, 1.82) is 0 Å². The molecule has 0 aromatic carbocycles. The molecule has 0 unspecified atom stereocenters. The molecule has 0 aliphatic heterocycles. The van der Waals surface area contributed by atoms with Gasteiger partial charge < -0.3 is 38.3 Å². The van der Waals surface area contributed by atoms with Crippen molar-refractivity contribution in [2.45, 2.75) is 13.8 Å². The quantitative estimate of drug-likeness (QED) is 0.343. The number of hydrogen-bond acceptors (Lipinski definition) is 2. The van der Waals surface area contributed by atoms with Crippen molar-refractivity contribution in [3.05, 3.63) is 28.7 Å². The summed E-state index contributed by atoms with van der Waals surface area (Å²) in [7, 11) is 9.22. The van der Waals surface area contributed by atoms with Gasteiger partial charge in [-0.15, -0.1) is 0 Å². The third-order valence-corrected chi connectivity index (χ3v) is 0. The summed E-state index contributed by atoms with van der Waals surface area (Å²) in [5.74, 6) is 0. The Labute approximate surface area is 119 Å². The SMILES string of the molecule is [CH-]=O.[CH-]=O.[CH2-]C.[CH2-]C.[CH3-].[CH3-].[Cl][RuH].[Cl][RuH]. The molecule has 0 aromatic heterocycles. The van der Waals surface area contributed by atoms with Gasteiger partial charge in [-0.1, -0.05) is 0 Å². The molecule has 14 heavy (non-hydrogen) atoms. The van der Waals surface area contributed by atoms with E-state index < -0.39 is 0 Å². The maximum atomic E-state index is 7.75. The van der Waals surface area contributed by atoms with Crippen molar-refractivity contribution in [2.24, 2.45) is 0 Å². The molecule has 0 aliphatic carbocycles. The van der Waals surface area contributed by atoms with E-state index in [4.69, 9.17) is 9.59 Å². The minimum absolute atomic E-state index is 0. The van der Waals surface area contributed by atoms with Gasteiger partial charge in [0.15, 0.2) is 0 Å². The molecule has 0 amide bonds. The Morgan fingerprint density at radius 1 is 0.714 bits per heavy atom.